The quantitative estimate of drug-likeness (QED) is 0.741. The first-order chi connectivity index (χ1) is 6.74. The summed E-state index contributed by atoms with van der Waals surface area (Å²) in [5, 5.41) is 3.33. The monoisotopic (exact) mass is 200 g/mol. The van der Waals surface area contributed by atoms with E-state index in [1.807, 2.05) is 0 Å². The number of amides is 1. The minimum absolute atomic E-state index is 0.237. The van der Waals surface area contributed by atoms with Gasteiger partial charge in [-0.05, 0) is 38.3 Å². The molecule has 0 radical (unpaired) electrons. The molecule has 0 saturated carbocycles. The third-order valence-electron chi connectivity index (χ3n) is 2.82. The zero-order chi connectivity index (χ0) is 10.4. The molecule has 0 aromatic carbocycles. The Kier molecular flexibility index (Phi) is 4.73. The van der Waals surface area contributed by atoms with Crippen LogP contribution in [0.2, 0.25) is 0 Å². The topological polar surface area (TPSA) is 41.6 Å². The number of nitrogens with one attached hydrogen (secondary N) is 1. The highest BCUT2D eigenvalue weighted by Gasteiger charge is 2.15. The van der Waals surface area contributed by atoms with Crippen molar-refractivity contribution in [3.63, 3.8) is 0 Å². The van der Waals surface area contributed by atoms with Crippen LogP contribution in [0.3, 0.4) is 0 Å². The zero-order valence-corrected chi connectivity index (χ0v) is 9.08. The molecular weight excluding hydrogens is 180 g/mol. The summed E-state index contributed by atoms with van der Waals surface area (Å²) in [4.78, 5) is 12.7. The van der Waals surface area contributed by atoms with Crippen molar-refractivity contribution >= 4 is 6.09 Å². The van der Waals surface area contributed by atoms with Crippen LogP contribution in [0, 0.1) is 5.92 Å². The molecule has 1 aliphatic heterocycles. The van der Waals surface area contributed by atoms with Gasteiger partial charge in [-0.15, -0.1) is 0 Å². The Hall–Kier alpha value is -0.770. The van der Waals surface area contributed by atoms with E-state index >= 15 is 0 Å². The molecule has 1 saturated heterocycles. The van der Waals surface area contributed by atoms with Gasteiger partial charge >= 0.3 is 6.09 Å². The normalized spacial score (nSPS) is 17.9. The van der Waals surface area contributed by atoms with Gasteiger partial charge in [0, 0.05) is 13.6 Å². The fraction of sp³-hybridized carbons (Fsp3) is 0.900. The summed E-state index contributed by atoms with van der Waals surface area (Å²) in [7, 11) is 3.20. The summed E-state index contributed by atoms with van der Waals surface area (Å²) >= 11 is 0. The SMILES string of the molecule is COC(=O)N(C)CCC1CCNCC1. The van der Waals surface area contributed by atoms with E-state index < -0.39 is 0 Å². The number of rotatable bonds is 3. The van der Waals surface area contributed by atoms with Crippen LogP contribution < -0.4 is 5.32 Å². The summed E-state index contributed by atoms with van der Waals surface area (Å²) in [6.45, 7) is 3.04. The van der Waals surface area contributed by atoms with Gasteiger partial charge in [-0.25, -0.2) is 4.79 Å². The second-order valence-electron chi connectivity index (χ2n) is 3.87. The summed E-state index contributed by atoms with van der Waals surface area (Å²) in [6.07, 6.45) is 3.32. The molecule has 4 heteroatoms. The molecular formula is C10H20N2O2. The number of piperidine rings is 1. The van der Waals surface area contributed by atoms with Crippen LogP contribution in [0.4, 0.5) is 4.79 Å². The lowest BCUT2D eigenvalue weighted by molar-refractivity contribution is 0.130. The third-order valence-corrected chi connectivity index (χ3v) is 2.82. The van der Waals surface area contributed by atoms with E-state index in [0.717, 1.165) is 32.0 Å². The highest BCUT2D eigenvalue weighted by atomic mass is 16.5. The van der Waals surface area contributed by atoms with Crippen LogP contribution in [0.25, 0.3) is 0 Å². The minimum atomic E-state index is -0.237. The molecule has 82 valence electrons. The van der Waals surface area contributed by atoms with Gasteiger partial charge in [-0.1, -0.05) is 0 Å². The van der Waals surface area contributed by atoms with Crippen LogP contribution in [0.1, 0.15) is 19.3 Å². The van der Waals surface area contributed by atoms with Crippen molar-refractivity contribution in [3.8, 4) is 0 Å². The van der Waals surface area contributed by atoms with E-state index in [-0.39, 0.29) is 6.09 Å². The molecule has 1 amide bonds. The van der Waals surface area contributed by atoms with E-state index in [1.165, 1.54) is 20.0 Å². The van der Waals surface area contributed by atoms with Crippen LogP contribution in [0.15, 0.2) is 0 Å². The second kappa shape index (κ2) is 5.86. The highest BCUT2D eigenvalue weighted by molar-refractivity contribution is 5.66. The first-order valence-corrected chi connectivity index (χ1v) is 5.24. The average Bonchev–Trinajstić information content (AvgIpc) is 2.26. The molecule has 0 bridgehead atoms. The fourth-order valence-corrected chi connectivity index (χ4v) is 1.79. The Balaban J connectivity index is 2.15. The number of carbonyl (C=O) groups excluding carboxylic acids is 1. The van der Waals surface area contributed by atoms with Gasteiger partial charge < -0.3 is 15.0 Å². The lowest BCUT2D eigenvalue weighted by Crippen LogP contribution is -2.32. The summed E-state index contributed by atoms with van der Waals surface area (Å²) in [6, 6.07) is 0. The van der Waals surface area contributed by atoms with Gasteiger partial charge in [0.1, 0.15) is 0 Å². The number of ether oxygens (including phenoxy) is 1. The second-order valence-corrected chi connectivity index (χ2v) is 3.87. The smallest absolute Gasteiger partial charge is 0.409 e. The molecule has 0 unspecified atom stereocenters. The summed E-state index contributed by atoms with van der Waals surface area (Å²) < 4.78 is 4.63. The van der Waals surface area contributed by atoms with Gasteiger partial charge in [-0.3, -0.25) is 0 Å². The molecule has 0 aliphatic carbocycles. The fourth-order valence-electron chi connectivity index (χ4n) is 1.79. The van der Waals surface area contributed by atoms with Crippen molar-refractivity contribution in [1.82, 2.24) is 10.2 Å². The van der Waals surface area contributed by atoms with E-state index in [4.69, 9.17) is 0 Å². The number of hydrogen-bond acceptors (Lipinski definition) is 3. The van der Waals surface area contributed by atoms with E-state index in [9.17, 15) is 4.79 Å². The van der Waals surface area contributed by atoms with Crippen LogP contribution in [-0.4, -0.2) is 44.8 Å². The summed E-state index contributed by atoms with van der Waals surface area (Å²) in [5.41, 5.74) is 0. The zero-order valence-electron chi connectivity index (χ0n) is 9.08. The van der Waals surface area contributed by atoms with Crippen LogP contribution >= 0.6 is 0 Å². The van der Waals surface area contributed by atoms with E-state index in [2.05, 4.69) is 10.1 Å². The predicted octanol–water partition coefficient (Wildman–Crippen LogP) is 1.07. The van der Waals surface area contributed by atoms with Crippen molar-refractivity contribution in [2.24, 2.45) is 5.92 Å². The Morgan fingerprint density at radius 1 is 1.50 bits per heavy atom. The number of nitrogens with zero attached hydrogens (tertiary/aromatic N) is 1. The van der Waals surface area contributed by atoms with Crippen molar-refractivity contribution in [2.45, 2.75) is 19.3 Å². The molecule has 1 heterocycles. The molecule has 1 fully saturated rings. The lowest BCUT2D eigenvalue weighted by Gasteiger charge is -2.24. The maximum atomic E-state index is 11.1. The Morgan fingerprint density at radius 3 is 2.71 bits per heavy atom. The Bertz CT molecular complexity index is 179. The maximum Gasteiger partial charge on any atom is 0.409 e. The number of hydrogen-bond donors (Lipinski definition) is 1. The molecule has 14 heavy (non-hydrogen) atoms. The molecule has 0 spiro atoms. The van der Waals surface area contributed by atoms with Gasteiger partial charge in [-0.2, -0.15) is 0 Å². The van der Waals surface area contributed by atoms with Crippen molar-refractivity contribution in [1.29, 1.82) is 0 Å². The largest absolute Gasteiger partial charge is 0.453 e. The first-order valence-electron chi connectivity index (χ1n) is 5.24. The van der Waals surface area contributed by atoms with Gasteiger partial charge in [0.05, 0.1) is 7.11 Å². The lowest BCUT2D eigenvalue weighted by atomic mass is 9.95. The maximum absolute atomic E-state index is 11.1. The highest BCUT2D eigenvalue weighted by Crippen LogP contribution is 2.15. The van der Waals surface area contributed by atoms with Gasteiger partial charge in [0.15, 0.2) is 0 Å². The van der Waals surface area contributed by atoms with Crippen molar-refractivity contribution < 1.29 is 9.53 Å². The van der Waals surface area contributed by atoms with E-state index in [0.29, 0.717) is 0 Å². The van der Waals surface area contributed by atoms with Crippen molar-refractivity contribution in [3.05, 3.63) is 0 Å². The third kappa shape index (κ3) is 3.54. The van der Waals surface area contributed by atoms with E-state index in [1.54, 1.807) is 11.9 Å². The molecule has 4 nitrogen and oxygen atoms in total. The van der Waals surface area contributed by atoms with Crippen molar-refractivity contribution in [2.75, 3.05) is 33.8 Å². The molecule has 0 atom stereocenters. The molecule has 0 aromatic rings. The number of methoxy groups -OCH3 is 1. The summed E-state index contributed by atoms with van der Waals surface area (Å²) in [5.74, 6) is 0.767. The Labute approximate surface area is 85.6 Å². The number of carbonyl (C=O) groups is 1. The Morgan fingerprint density at radius 2 is 2.14 bits per heavy atom. The molecule has 1 N–H and O–H groups in total. The standard InChI is InChI=1S/C10H20N2O2/c1-12(10(13)14-2)8-5-9-3-6-11-7-4-9/h9,11H,3-8H2,1-2H3. The van der Waals surface area contributed by atoms with Gasteiger partial charge in [0.25, 0.3) is 0 Å². The minimum Gasteiger partial charge on any atom is -0.453 e. The van der Waals surface area contributed by atoms with Gasteiger partial charge in [0.2, 0.25) is 0 Å². The van der Waals surface area contributed by atoms with Crippen LogP contribution in [-0.2, 0) is 4.74 Å². The average molecular weight is 200 g/mol. The first kappa shape index (κ1) is 11.3. The molecule has 1 aliphatic rings. The predicted molar refractivity (Wildman–Crippen MR) is 55.2 cm³/mol. The molecule has 0 aromatic heterocycles. The molecule has 1 rings (SSSR count). The van der Waals surface area contributed by atoms with Crippen LogP contribution in [0.5, 0.6) is 0 Å².